The average molecular weight is 680 g/mol. The topological polar surface area (TPSA) is 183 Å². The fourth-order valence-corrected chi connectivity index (χ4v) is 5.18. The Kier molecular flexibility index (Phi) is 9.24. The number of piperazine rings is 1. The molecule has 14 nitrogen and oxygen atoms in total. The van der Waals surface area contributed by atoms with Crippen molar-refractivity contribution in [2.75, 3.05) is 32.1 Å². The molecule has 4 heterocycles. The number of amides is 3. The molecule has 0 atom stereocenters. The van der Waals surface area contributed by atoms with E-state index in [1.165, 1.54) is 12.1 Å². The summed E-state index contributed by atoms with van der Waals surface area (Å²) < 4.78 is 41.5. The van der Waals surface area contributed by atoms with Crippen molar-refractivity contribution in [1.29, 1.82) is 0 Å². The largest absolute Gasteiger partial charge is 0.435 e. The molecular weight excluding hydrogens is 658 g/mol. The van der Waals surface area contributed by atoms with Gasteiger partial charge in [0.15, 0.2) is 11.5 Å². The minimum absolute atomic E-state index is 0.0558. The molecule has 0 radical (unpaired) electrons. The number of nitrogens with one attached hydrogen (secondary N) is 3. The predicted octanol–water partition coefficient (Wildman–Crippen LogP) is 3.90. The highest BCUT2D eigenvalue weighted by atomic mass is 35.5. The first kappa shape index (κ1) is 32.4. The Hall–Kier alpha value is -5.03. The summed E-state index contributed by atoms with van der Waals surface area (Å²) in [6.45, 7) is 1.27. The molecule has 0 unspecified atom stereocenters. The van der Waals surface area contributed by atoms with Crippen LogP contribution in [0.15, 0.2) is 42.7 Å². The van der Waals surface area contributed by atoms with E-state index < -0.39 is 28.3 Å². The monoisotopic (exact) mass is 679 g/mol. The summed E-state index contributed by atoms with van der Waals surface area (Å²) in [5.74, 6) is -1.72. The Balaban J connectivity index is 1.27. The van der Waals surface area contributed by atoms with Crippen LogP contribution >= 0.6 is 23.2 Å². The fourth-order valence-electron chi connectivity index (χ4n) is 4.72. The van der Waals surface area contributed by atoms with E-state index >= 15 is 0 Å². The molecule has 3 amide bonds. The van der Waals surface area contributed by atoms with Gasteiger partial charge in [-0.25, -0.2) is 9.97 Å². The molecule has 1 aliphatic heterocycles. The molecular formula is C27H22Cl2F3N9O5. The van der Waals surface area contributed by atoms with Crippen molar-refractivity contribution in [2.45, 2.75) is 12.7 Å². The molecule has 46 heavy (non-hydrogen) atoms. The van der Waals surface area contributed by atoms with Gasteiger partial charge in [-0.2, -0.15) is 18.3 Å². The van der Waals surface area contributed by atoms with Crippen LogP contribution in [0.3, 0.4) is 0 Å². The lowest BCUT2D eigenvalue weighted by atomic mass is 10.1. The number of carbonyl (C=O) groups excluding carboxylic acids is 3. The second kappa shape index (κ2) is 13.1. The third kappa shape index (κ3) is 6.79. The van der Waals surface area contributed by atoms with Gasteiger partial charge in [0.2, 0.25) is 5.91 Å². The lowest BCUT2D eigenvalue weighted by molar-refractivity contribution is -0.385. The Morgan fingerprint density at radius 3 is 2.37 bits per heavy atom. The highest BCUT2D eigenvalue weighted by Crippen LogP contribution is 2.40. The van der Waals surface area contributed by atoms with Crippen LogP contribution in [0.4, 0.5) is 18.9 Å². The maximum absolute atomic E-state index is 13.8. The van der Waals surface area contributed by atoms with Gasteiger partial charge in [0.1, 0.15) is 12.1 Å². The zero-order chi connectivity index (χ0) is 33.2. The molecule has 0 bridgehead atoms. The van der Waals surface area contributed by atoms with Crippen molar-refractivity contribution in [3.05, 3.63) is 80.5 Å². The molecule has 5 rings (SSSR count). The Bertz CT molecular complexity index is 1800. The Morgan fingerprint density at radius 2 is 1.76 bits per heavy atom. The Labute approximate surface area is 267 Å². The van der Waals surface area contributed by atoms with Crippen LogP contribution in [0.5, 0.6) is 0 Å². The molecule has 3 aromatic heterocycles. The van der Waals surface area contributed by atoms with E-state index in [1.54, 1.807) is 15.9 Å². The van der Waals surface area contributed by atoms with Crippen molar-refractivity contribution in [3.63, 3.8) is 0 Å². The van der Waals surface area contributed by atoms with Crippen LogP contribution in [0.2, 0.25) is 5.02 Å². The summed E-state index contributed by atoms with van der Waals surface area (Å²) in [5.41, 5.74) is -1.87. The summed E-state index contributed by atoms with van der Waals surface area (Å²) in [6.07, 6.45) is -2.99. The van der Waals surface area contributed by atoms with Crippen molar-refractivity contribution in [1.82, 2.24) is 40.3 Å². The molecule has 19 heteroatoms. The molecule has 3 N–H and O–H groups in total. The zero-order valence-electron chi connectivity index (χ0n) is 23.4. The minimum atomic E-state index is -4.90. The number of carbonyl (C=O) groups is 3. The van der Waals surface area contributed by atoms with Crippen LogP contribution in [-0.4, -0.2) is 89.7 Å². The van der Waals surface area contributed by atoms with E-state index in [0.29, 0.717) is 31.7 Å². The van der Waals surface area contributed by atoms with Crippen molar-refractivity contribution < 1.29 is 32.5 Å². The quantitative estimate of drug-likeness (QED) is 0.142. The summed E-state index contributed by atoms with van der Waals surface area (Å²) >= 11 is 12.0. The van der Waals surface area contributed by atoms with E-state index in [2.05, 4.69) is 30.5 Å². The van der Waals surface area contributed by atoms with E-state index in [1.807, 2.05) is 0 Å². The first-order valence-electron chi connectivity index (χ1n) is 13.4. The molecule has 4 aromatic rings. The first-order chi connectivity index (χ1) is 21.9. The van der Waals surface area contributed by atoms with Crippen molar-refractivity contribution in [3.8, 4) is 22.6 Å². The van der Waals surface area contributed by atoms with E-state index in [-0.39, 0.29) is 63.4 Å². The highest BCUT2D eigenvalue weighted by Gasteiger charge is 2.39. The summed E-state index contributed by atoms with van der Waals surface area (Å²) in [7, 11) is 0. The molecule has 1 aromatic carbocycles. The van der Waals surface area contributed by atoms with Crippen LogP contribution in [0.1, 0.15) is 32.2 Å². The van der Waals surface area contributed by atoms with Gasteiger partial charge in [0, 0.05) is 38.8 Å². The van der Waals surface area contributed by atoms with Gasteiger partial charge in [-0.15, -0.1) is 11.6 Å². The van der Waals surface area contributed by atoms with Crippen LogP contribution in [-0.2, 0) is 17.5 Å². The number of halogens is 5. The number of H-pyrrole nitrogens is 2. The number of aromatic nitrogens is 5. The number of alkyl halides is 4. The van der Waals surface area contributed by atoms with E-state index in [4.69, 9.17) is 23.2 Å². The van der Waals surface area contributed by atoms with Gasteiger partial charge in [0.25, 0.3) is 17.5 Å². The number of hydrogen-bond acceptors (Lipinski definition) is 8. The third-order valence-electron chi connectivity index (χ3n) is 7.06. The lowest BCUT2D eigenvalue weighted by Gasteiger charge is -2.34. The second-order valence-corrected chi connectivity index (χ2v) is 10.6. The van der Waals surface area contributed by atoms with Crippen LogP contribution in [0, 0.1) is 10.1 Å². The minimum Gasteiger partial charge on any atom is -0.345 e. The number of imidazole rings is 1. The van der Waals surface area contributed by atoms with Gasteiger partial charge >= 0.3 is 6.18 Å². The van der Waals surface area contributed by atoms with Gasteiger partial charge in [-0.1, -0.05) is 17.7 Å². The van der Waals surface area contributed by atoms with Gasteiger partial charge in [0.05, 0.1) is 44.4 Å². The summed E-state index contributed by atoms with van der Waals surface area (Å²) in [6, 6.07) is 6.84. The summed E-state index contributed by atoms with van der Waals surface area (Å²) in [4.78, 5) is 61.3. The lowest BCUT2D eigenvalue weighted by Crippen LogP contribution is -2.51. The van der Waals surface area contributed by atoms with Gasteiger partial charge in [-0.05, 0) is 23.8 Å². The molecule has 1 aliphatic rings. The molecule has 0 spiro atoms. The number of pyridine rings is 1. The van der Waals surface area contributed by atoms with Crippen LogP contribution < -0.4 is 5.32 Å². The maximum atomic E-state index is 13.8. The molecule has 1 saturated heterocycles. The Morgan fingerprint density at radius 1 is 1.04 bits per heavy atom. The molecule has 1 fully saturated rings. The van der Waals surface area contributed by atoms with Gasteiger partial charge < -0.3 is 20.1 Å². The smallest absolute Gasteiger partial charge is 0.345 e. The van der Waals surface area contributed by atoms with E-state index in [0.717, 1.165) is 24.5 Å². The first-order valence-corrected chi connectivity index (χ1v) is 14.3. The molecule has 240 valence electrons. The van der Waals surface area contributed by atoms with Crippen molar-refractivity contribution >= 4 is 46.6 Å². The SMILES string of the molecule is O=C(NCc1ccc(C(=O)N2CCN(C(=O)CCl)CC2)c(Cl)c1)c1ncc(-c2c(C(F)(F)F)n[nH]c2-c2ccc([N+](=O)[O-])cn2)[nH]1. The average Bonchev–Trinajstić information content (AvgIpc) is 3.71. The number of aromatic amines is 2. The van der Waals surface area contributed by atoms with Crippen LogP contribution in [0.25, 0.3) is 22.6 Å². The van der Waals surface area contributed by atoms with Gasteiger partial charge in [-0.3, -0.25) is 29.6 Å². The number of benzene rings is 1. The summed E-state index contributed by atoms with van der Waals surface area (Å²) in [5, 5.41) is 19.3. The second-order valence-electron chi connectivity index (χ2n) is 9.93. The van der Waals surface area contributed by atoms with Crippen molar-refractivity contribution in [2.24, 2.45) is 0 Å². The number of nitro groups is 1. The molecule has 0 aliphatic carbocycles. The maximum Gasteiger partial charge on any atom is 0.435 e. The molecule has 0 saturated carbocycles. The third-order valence-corrected chi connectivity index (χ3v) is 7.60. The normalized spacial score (nSPS) is 13.5. The highest BCUT2D eigenvalue weighted by molar-refractivity contribution is 6.34. The number of nitrogens with zero attached hydrogens (tertiary/aromatic N) is 6. The van der Waals surface area contributed by atoms with E-state index in [9.17, 15) is 37.7 Å². The standard InChI is InChI=1S/C27H22Cl2F3N9O5/c28-10-20(42)39-5-7-40(8-6-39)26(44)16-3-1-14(9-17(16)29)11-35-25(43)24-34-13-19(36-24)21-22(37-38-23(21)27(30,31)32)18-4-2-15(12-33-18)41(45)46/h1-4,9,12-13H,5-8,10-11H2,(H,34,36)(H,35,43)(H,37,38). The zero-order valence-corrected chi connectivity index (χ0v) is 24.9. The fraction of sp³-hybridized carbons (Fsp3) is 0.259. The predicted molar refractivity (Wildman–Crippen MR) is 157 cm³/mol. The number of rotatable bonds is 8. The number of hydrogen-bond donors (Lipinski definition) is 3.